The molecule has 1 N–H and O–H groups in total. The van der Waals surface area contributed by atoms with Crippen LogP contribution in [0.1, 0.15) is 31.9 Å². The van der Waals surface area contributed by atoms with Gasteiger partial charge >= 0.3 is 5.97 Å². The molecule has 4 nitrogen and oxygen atoms in total. The second-order valence-corrected chi connectivity index (χ2v) is 20.4. The first-order valence-corrected chi connectivity index (χ1v) is 16.5. The monoisotopic (exact) mass is 428 g/mol. The van der Waals surface area contributed by atoms with Crippen molar-refractivity contribution in [1.82, 2.24) is 0 Å². The van der Waals surface area contributed by atoms with E-state index in [1.165, 1.54) is 0 Å². The highest BCUT2D eigenvalue weighted by Gasteiger charge is 2.57. The molecular formula is C23H32O4Si2. The van der Waals surface area contributed by atoms with Gasteiger partial charge in [0, 0.05) is 11.1 Å². The summed E-state index contributed by atoms with van der Waals surface area (Å²) in [7, 11) is -4.37. The Hall–Kier alpha value is -2.06. The van der Waals surface area contributed by atoms with Crippen LogP contribution >= 0.6 is 0 Å². The molecule has 1 aliphatic rings. The molecule has 29 heavy (non-hydrogen) atoms. The van der Waals surface area contributed by atoms with E-state index in [-0.39, 0.29) is 5.04 Å². The van der Waals surface area contributed by atoms with E-state index >= 15 is 0 Å². The van der Waals surface area contributed by atoms with Crippen LogP contribution in [-0.4, -0.2) is 27.5 Å². The van der Waals surface area contributed by atoms with Crippen LogP contribution in [0.2, 0.25) is 37.8 Å². The van der Waals surface area contributed by atoms with E-state index in [9.17, 15) is 9.90 Å². The predicted octanol–water partition coefficient (Wildman–Crippen LogP) is 6.42. The van der Waals surface area contributed by atoms with E-state index in [1.807, 2.05) is 42.5 Å². The molecule has 0 saturated heterocycles. The third-order valence-corrected chi connectivity index (χ3v) is 13.9. The van der Waals surface area contributed by atoms with Gasteiger partial charge in [0.05, 0.1) is 8.07 Å². The number of hydrogen-bond donors (Lipinski definition) is 1. The summed E-state index contributed by atoms with van der Waals surface area (Å²) in [6, 6.07) is 13.2. The minimum absolute atomic E-state index is 0.0503. The lowest BCUT2D eigenvalue weighted by atomic mass is 9.86. The van der Waals surface area contributed by atoms with Gasteiger partial charge in [0.1, 0.15) is 22.3 Å². The number of para-hydroxylation sites is 1. The molecule has 0 amide bonds. The number of aliphatic carboxylic acids is 1. The molecule has 0 spiro atoms. The Morgan fingerprint density at radius 2 is 1.55 bits per heavy atom. The van der Waals surface area contributed by atoms with Gasteiger partial charge in [0.2, 0.25) is 8.32 Å². The lowest BCUT2D eigenvalue weighted by Crippen LogP contribution is -2.57. The molecule has 0 bridgehead atoms. The van der Waals surface area contributed by atoms with Crippen molar-refractivity contribution in [3.63, 3.8) is 0 Å². The number of fused-ring (bicyclic) bond motifs is 2. The van der Waals surface area contributed by atoms with Crippen LogP contribution in [0.4, 0.5) is 0 Å². The third-order valence-electron chi connectivity index (χ3n) is 6.49. The number of ether oxygens (including phenoxy) is 1. The van der Waals surface area contributed by atoms with Crippen molar-refractivity contribution in [2.75, 3.05) is 0 Å². The van der Waals surface area contributed by atoms with E-state index in [1.54, 1.807) is 0 Å². The van der Waals surface area contributed by atoms with E-state index < -0.39 is 27.4 Å². The van der Waals surface area contributed by atoms with Crippen molar-refractivity contribution >= 4 is 22.4 Å². The van der Waals surface area contributed by atoms with Crippen LogP contribution in [0.3, 0.4) is 0 Å². The van der Waals surface area contributed by atoms with E-state index in [2.05, 4.69) is 53.5 Å². The Morgan fingerprint density at radius 3 is 2.10 bits per heavy atom. The van der Waals surface area contributed by atoms with Crippen LogP contribution in [0.15, 0.2) is 42.5 Å². The zero-order valence-corrected chi connectivity index (χ0v) is 20.7. The normalized spacial score (nSPS) is 19.0. The van der Waals surface area contributed by atoms with Crippen molar-refractivity contribution in [1.29, 1.82) is 0 Å². The Labute approximate surface area is 176 Å². The average Bonchev–Trinajstić information content (AvgIpc) is 2.57. The summed E-state index contributed by atoms with van der Waals surface area (Å²) >= 11 is 0. The molecule has 1 heterocycles. The predicted molar refractivity (Wildman–Crippen MR) is 123 cm³/mol. The van der Waals surface area contributed by atoms with Crippen LogP contribution in [0.5, 0.6) is 17.2 Å². The maximum absolute atomic E-state index is 13.0. The number of hydrogen-bond acceptors (Lipinski definition) is 3. The largest absolute Gasteiger partial charge is 0.543 e. The zero-order valence-electron chi connectivity index (χ0n) is 18.7. The van der Waals surface area contributed by atoms with Crippen molar-refractivity contribution in [3.8, 4) is 17.2 Å². The number of carboxylic acids is 1. The van der Waals surface area contributed by atoms with Crippen molar-refractivity contribution in [3.05, 3.63) is 53.6 Å². The summed E-state index contributed by atoms with van der Waals surface area (Å²) < 4.78 is 12.7. The molecule has 3 rings (SSSR count). The van der Waals surface area contributed by atoms with Crippen LogP contribution in [0, 0.1) is 0 Å². The van der Waals surface area contributed by atoms with Gasteiger partial charge in [-0.3, -0.25) is 4.79 Å². The summed E-state index contributed by atoms with van der Waals surface area (Å²) in [5.74, 6) is 1.14. The minimum atomic E-state index is -2.31. The maximum atomic E-state index is 13.0. The molecule has 0 aliphatic carbocycles. The highest BCUT2D eigenvalue weighted by atomic mass is 28.4. The van der Waals surface area contributed by atoms with E-state index in [0.717, 1.165) is 11.3 Å². The lowest BCUT2D eigenvalue weighted by Gasteiger charge is -2.45. The molecule has 2 aromatic carbocycles. The molecule has 0 aromatic heterocycles. The van der Waals surface area contributed by atoms with Crippen molar-refractivity contribution in [2.24, 2.45) is 0 Å². The highest BCUT2D eigenvalue weighted by molar-refractivity contribution is 6.83. The average molecular weight is 429 g/mol. The van der Waals surface area contributed by atoms with Gasteiger partial charge in [-0.25, -0.2) is 0 Å². The fourth-order valence-corrected chi connectivity index (χ4v) is 7.57. The quantitative estimate of drug-likeness (QED) is 0.571. The molecule has 0 saturated carbocycles. The highest BCUT2D eigenvalue weighted by Crippen LogP contribution is 2.53. The molecule has 1 unspecified atom stereocenters. The number of carboxylic acid groups (broad SMARTS) is 1. The van der Waals surface area contributed by atoms with Gasteiger partial charge in [0.25, 0.3) is 0 Å². The topological polar surface area (TPSA) is 55.8 Å². The molecule has 1 atom stereocenters. The van der Waals surface area contributed by atoms with Crippen LogP contribution in [-0.2, 0) is 9.83 Å². The van der Waals surface area contributed by atoms with Gasteiger partial charge in [-0.1, -0.05) is 58.6 Å². The Balaban J connectivity index is 2.26. The van der Waals surface area contributed by atoms with E-state index in [0.29, 0.717) is 17.1 Å². The summed E-state index contributed by atoms with van der Waals surface area (Å²) in [5.41, 5.74) is 1.45. The molecule has 156 valence electrons. The number of carbonyl (C=O) groups is 1. The molecule has 0 fully saturated rings. The first-order valence-electron chi connectivity index (χ1n) is 10.1. The fraction of sp³-hybridized carbons (Fsp3) is 0.435. The zero-order chi connectivity index (χ0) is 21.8. The summed E-state index contributed by atoms with van der Waals surface area (Å²) in [5, 5.41) is 9.56. The van der Waals surface area contributed by atoms with Crippen molar-refractivity contribution < 1.29 is 19.1 Å². The van der Waals surface area contributed by atoms with Crippen LogP contribution in [0.25, 0.3) is 0 Å². The molecule has 1 aliphatic heterocycles. The van der Waals surface area contributed by atoms with E-state index in [4.69, 9.17) is 9.16 Å². The van der Waals surface area contributed by atoms with Crippen molar-refractivity contribution in [2.45, 2.75) is 63.6 Å². The first-order chi connectivity index (χ1) is 13.2. The van der Waals surface area contributed by atoms with Gasteiger partial charge in [-0.15, -0.1) is 0 Å². The Morgan fingerprint density at radius 1 is 0.966 bits per heavy atom. The second-order valence-electron chi connectivity index (χ2n) is 10.4. The summed E-state index contributed by atoms with van der Waals surface area (Å²) in [6.07, 6.45) is 0. The molecule has 0 radical (unpaired) electrons. The number of benzene rings is 2. The van der Waals surface area contributed by atoms with Gasteiger partial charge in [0.15, 0.2) is 0 Å². The minimum Gasteiger partial charge on any atom is -0.543 e. The van der Waals surface area contributed by atoms with Gasteiger partial charge in [-0.05, 0) is 42.4 Å². The van der Waals surface area contributed by atoms with Crippen LogP contribution < -0.4 is 9.16 Å². The second kappa shape index (κ2) is 6.74. The SMILES string of the molecule is CC(C)(C)[Si](C)(C)Oc1ccc2c(c1)C(C(=O)O)([Si](C)(C)C)c1ccccc1O2. The lowest BCUT2D eigenvalue weighted by molar-refractivity contribution is -0.139. The Bertz CT molecular complexity index is 954. The summed E-state index contributed by atoms with van der Waals surface area (Å²) in [4.78, 5) is 13.0. The summed E-state index contributed by atoms with van der Waals surface area (Å²) in [6.45, 7) is 17.3. The Kier molecular flexibility index (Phi) is 5.03. The molecule has 2 aromatic rings. The smallest absolute Gasteiger partial charge is 0.315 e. The third kappa shape index (κ3) is 3.32. The molecule has 6 heteroatoms. The fourth-order valence-electron chi connectivity index (χ4n) is 3.89. The van der Waals surface area contributed by atoms with Gasteiger partial charge in [-0.2, -0.15) is 0 Å². The maximum Gasteiger partial charge on any atom is 0.315 e. The standard InChI is InChI=1S/C23H32O4Si2/c1-22(2,3)29(7,8)27-16-13-14-20-18(15-16)23(21(24)25,28(4,5)6)17-11-9-10-12-19(17)26-20/h9-15H,1-8H3,(H,24,25). The molecular weight excluding hydrogens is 396 g/mol. The first kappa shape index (κ1) is 21.6. The van der Waals surface area contributed by atoms with Gasteiger partial charge < -0.3 is 14.3 Å². The number of rotatable bonds is 4.